The van der Waals surface area contributed by atoms with Gasteiger partial charge >= 0.3 is 0 Å². The standard InChI is InChI=1S/C15H20OS/c1-11(2)8-15(3,16)9-12-10-17-14-7-5-4-6-13(12)14/h4-7,10-11,16H,8-9H2,1-3H3. The van der Waals surface area contributed by atoms with Gasteiger partial charge in [-0.1, -0.05) is 32.0 Å². The maximum atomic E-state index is 10.4. The van der Waals surface area contributed by atoms with Gasteiger partial charge in [-0.15, -0.1) is 11.3 Å². The lowest BCUT2D eigenvalue weighted by molar-refractivity contribution is 0.0392. The fourth-order valence-corrected chi connectivity index (χ4v) is 3.49. The molecule has 1 N–H and O–H groups in total. The molecule has 92 valence electrons. The smallest absolute Gasteiger partial charge is 0.0662 e. The van der Waals surface area contributed by atoms with Gasteiger partial charge in [-0.25, -0.2) is 0 Å². The highest BCUT2D eigenvalue weighted by atomic mass is 32.1. The first-order chi connectivity index (χ1) is 7.98. The molecule has 2 aromatic rings. The molecule has 2 heteroatoms. The van der Waals surface area contributed by atoms with Crippen LogP contribution in [0.4, 0.5) is 0 Å². The topological polar surface area (TPSA) is 20.2 Å². The van der Waals surface area contributed by atoms with Crippen LogP contribution >= 0.6 is 11.3 Å². The molecule has 1 unspecified atom stereocenters. The van der Waals surface area contributed by atoms with Crippen molar-refractivity contribution < 1.29 is 5.11 Å². The van der Waals surface area contributed by atoms with E-state index in [0.717, 1.165) is 12.8 Å². The van der Waals surface area contributed by atoms with Crippen LogP contribution in [-0.4, -0.2) is 10.7 Å². The fraction of sp³-hybridized carbons (Fsp3) is 0.467. The second-order valence-corrected chi connectivity index (χ2v) is 6.44. The van der Waals surface area contributed by atoms with Crippen molar-refractivity contribution in [2.75, 3.05) is 0 Å². The summed E-state index contributed by atoms with van der Waals surface area (Å²) < 4.78 is 1.31. The number of thiophene rings is 1. The lowest BCUT2D eigenvalue weighted by Crippen LogP contribution is -2.28. The quantitative estimate of drug-likeness (QED) is 0.858. The van der Waals surface area contributed by atoms with Gasteiger partial charge in [-0.05, 0) is 41.7 Å². The normalized spacial score (nSPS) is 15.4. The Balaban J connectivity index is 2.23. The van der Waals surface area contributed by atoms with Gasteiger partial charge in [0.25, 0.3) is 0 Å². The second-order valence-electron chi connectivity index (χ2n) is 5.53. The molecule has 1 aromatic carbocycles. The second kappa shape index (κ2) is 4.79. The molecule has 17 heavy (non-hydrogen) atoms. The lowest BCUT2D eigenvalue weighted by Gasteiger charge is -2.25. The maximum absolute atomic E-state index is 10.4. The third kappa shape index (κ3) is 3.08. The summed E-state index contributed by atoms with van der Waals surface area (Å²) in [6.45, 7) is 6.25. The van der Waals surface area contributed by atoms with Crippen LogP contribution in [-0.2, 0) is 6.42 Å². The summed E-state index contributed by atoms with van der Waals surface area (Å²) in [5, 5.41) is 13.9. The van der Waals surface area contributed by atoms with E-state index in [9.17, 15) is 5.11 Å². The SMILES string of the molecule is CC(C)CC(C)(O)Cc1csc2ccccc12. The summed E-state index contributed by atoms with van der Waals surface area (Å²) in [5.41, 5.74) is 0.675. The van der Waals surface area contributed by atoms with Gasteiger partial charge in [0.1, 0.15) is 0 Å². The Morgan fingerprint density at radius 1 is 1.29 bits per heavy atom. The number of hydrogen-bond donors (Lipinski definition) is 1. The highest BCUT2D eigenvalue weighted by Crippen LogP contribution is 2.30. The molecule has 0 aliphatic heterocycles. The van der Waals surface area contributed by atoms with Gasteiger partial charge in [0, 0.05) is 11.1 Å². The van der Waals surface area contributed by atoms with E-state index in [1.807, 2.05) is 6.92 Å². The van der Waals surface area contributed by atoms with Gasteiger partial charge in [0.15, 0.2) is 0 Å². The van der Waals surface area contributed by atoms with Crippen molar-refractivity contribution in [3.05, 3.63) is 35.2 Å². The Morgan fingerprint density at radius 2 is 2.00 bits per heavy atom. The summed E-state index contributed by atoms with van der Waals surface area (Å²) in [6, 6.07) is 8.41. The number of aliphatic hydroxyl groups is 1. The predicted molar refractivity (Wildman–Crippen MR) is 75.6 cm³/mol. The molecule has 1 heterocycles. The molecule has 2 rings (SSSR count). The molecule has 0 radical (unpaired) electrons. The summed E-state index contributed by atoms with van der Waals surface area (Å²) in [5.74, 6) is 0.523. The van der Waals surface area contributed by atoms with Gasteiger partial charge in [0.05, 0.1) is 5.60 Å². The Kier molecular flexibility index (Phi) is 3.55. The van der Waals surface area contributed by atoms with Crippen LogP contribution in [0, 0.1) is 5.92 Å². The molecular formula is C15H20OS. The third-order valence-electron chi connectivity index (χ3n) is 2.98. The van der Waals surface area contributed by atoms with E-state index < -0.39 is 5.60 Å². The van der Waals surface area contributed by atoms with Crippen LogP contribution < -0.4 is 0 Å². The van der Waals surface area contributed by atoms with E-state index in [0.29, 0.717) is 5.92 Å². The molecule has 0 fully saturated rings. The first-order valence-corrected chi connectivity index (χ1v) is 7.03. The van der Waals surface area contributed by atoms with E-state index in [-0.39, 0.29) is 0 Å². The first-order valence-electron chi connectivity index (χ1n) is 6.15. The van der Waals surface area contributed by atoms with Crippen LogP contribution in [0.3, 0.4) is 0 Å². The minimum atomic E-state index is -0.599. The molecule has 1 nitrogen and oxygen atoms in total. The first kappa shape index (κ1) is 12.6. The fourth-order valence-electron chi connectivity index (χ4n) is 2.53. The van der Waals surface area contributed by atoms with E-state index in [2.05, 4.69) is 43.5 Å². The van der Waals surface area contributed by atoms with Crippen LogP contribution in [0.1, 0.15) is 32.8 Å². The zero-order chi connectivity index (χ0) is 12.5. The summed E-state index contributed by atoms with van der Waals surface area (Å²) in [7, 11) is 0. The maximum Gasteiger partial charge on any atom is 0.0662 e. The van der Waals surface area contributed by atoms with Crippen molar-refractivity contribution in [1.82, 2.24) is 0 Å². The molecule has 0 saturated carbocycles. The van der Waals surface area contributed by atoms with Crippen molar-refractivity contribution in [3.8, 4) is 0 Å². The van der Waals surface area contributed by atoms with Crippen molar-refractivity contribution in [3.63, 3.8) is 0 Å². The summed E-state index contributed by atoms with van der Waals surface area (Å²) in [6.07, 6.45) is 1.59. The van der Waals surface area contributed by atoms with E-state index >= 15 is 0 Å². The zero-order valence-electron chi connectivity index (χ0n) is 10.7. The minimum Gasteiger partial charge on any atom is -0.390 e. The highest BCUT2D eigenvalue weighted by Gasteiger charge is 2.23. The molecule has 0 aliphatic rings. The summed E-state index contributed by atoms with van der Waals surface area (Å²) >= 11 is 1.76. The number of fused-ring (bicyclic) bond motifs is 1. The van der Waals surface area contributed by atoms with Crippen molar-refractivity contribution >= 4 is 21.4 Å². The molecule has 1 atom stereocenters. The number of rotatable bonds is 4. The van der Waals surface area contributed by atoms with Gasteiger partial charge in [-0.3, -0.25) is 0 Å². The van der Waals surface area contributed by atoms with Crippen LogP contribution in [0.15, 0.2) is 29.6 Å². The van der Waals surface area contributed by atoms with E-state index in [1.54, 1.807) is 11.3 Å². The van der Waals surface area contributed by atoms with Crippen LogP contribution in [0.2, 0.25) is 0 Å². The number of hydrogen-bond acceptors (Lipinski definition) is 2. The van der Waals surface area contributed by atoms with Crippen molar-refractivity contribution in [2.24, 2.45) is 5.92 Å². The van der Waals surface area contributed by atoms with Gasteiger partial charge < -0.3 is 5.11 Å². The van der Waals surface area contributed by atoms with Crippen molar-refractivity contribution in [2.45, 2.75) is 39.2 Å². The van der Waals surface area contributed by atoms with E-state index in [4.69, 9.17) is 0 Å². The summed E-state index contributed by atoms with van der Waals surface area (Å²) in [4.78, 5) is 0. The average molecular weight is 248 g/mol. The highest BCUT2D eigenvalue weighted by molar-refractivity contribution is 7.17. The van der Waals surface area contributed by atoms with Crippen LogP contribution in [0.5, 0.6) is 0 Å². The zero-order valence-corrected chi connectivity index (χ0v) is 11.6. The average Bonchev–Trinajstić information content (AvgIpc) is 2.59. The molecule has 0 aliphatic carbocycles. The van der Waals surface area contributed by atoms with Gasteiger partial charge in [-0.2, -0.15) is 0 Å². The van der Waals surface area contributed by atoms with Crippen LogP contribution in [0.25, 0.3) is 10.1 Å². The molecule has 0 bridgehead atoms. The Labute approximate surface area is 107 Å². The Bertz CT molecular complexity index is 496. The molecular weight excluding hydrogens is 228 g/mol. The Morgan fingerprint density at radius 3 is 2.71 bits per heavy atom. The largest absolute Gasteiger partial charge is 0.390 e. The molecule has 0 amide bonds. The van der Waals surface area contributed by atoms with E-state index in [1.165, 1.54) is 15.6 Å². The van der Waals surface area contributed by atoms with Gasteiger partial charge in [0.2, 0.25) is 0 Å². The third-order valence-corrected chi connectivity index (χ3v) is 3.99. The molecule has 0 spiro atoms. The number of benzene rings is 1. The lowest BCUT2D eigenvalue weighted by atomic mass is 9.88. The minimum absolute atomic E-state index is 0.523. The molecule has 1 aromatic heterocycles. The van der Waals surface area contributed by atoms with Crippen molar-refractivity contribution in [1.29, 1.82) is 0 Å². The monoisotopic (exact) mass is 248 g/mol. The Hall–Kier alpha value is -0.860. The molecule has 0 saturated heterocycles. The predicted octanol–water partition coefficient (Wildman–Crippen LogP) is 4.24.